The Labute approximate surface area is 206 Å². The summed E-state index contributed by atoms with van der Waals surface area (Å²) >= 11 is 0. The van der Waals surface area contributed by atoms with E-state index in [1.807, 2.05) is 72.8 Å². The van der Waals surface area contributed by atoms with Gasteiger partial charge in [0.15, 0.2) is 0 Å². The molecular formula is C31H30O4. The molecule has 0 saturated heterocycles. The standard InChI is InChI=1S/C31H30O4/c1-2-15-35-31-26-13-6-14-27(31)19-25-12-5-10-23(30(25)34)17-21-8-3-7-20(28(21)32)16-22-9-4-11-24(18-26)29(22)33/h3-14,32-34H,2,15-19H2,1H3. The number of phenolic OH excluding ortho intramolecular Hbond substituents is 3. The summed E-state index contributed by atoms with van der Waals surface area (Å²) in [7, 11) is 0. The van der Waals surface area contributed by atoms with Crippen LogP contribution in [-0.4, -0.2) is 21.9 Å². The van der Waals surface area contributed by atoms with Gasteiger partial charge in [0.2, 0.25) is 0 Å². The van der Waals surface area contributed by atoms with Crippen molar-refractivity contribution >= 4 is 0 Å². The molecule has 4 aromatic carbocycles. The number of para-hydroxylation sites is 4. The summed E-state index contributed by atoms with van der Waals surface area (Å²) in [6.07, 6.45) is 2.74. The number of benzene rings is 4. The number of hydrogen-bond acceptors (Lipinski definition) is 4. The minimum Gasteiger partial charge on any atom is -0.507 e. The Morgan fingerprint density at radius 2 is 0.800 bits per heavy atom. The lowest BCUT2D eigenvalue weighted by Crippen LogP contribution is -2.05. The smallest absolute Gasteiger partial charge is 0.126 e. The highest BCUT2D eigenvalue weighted by molar-refractivity contribution is 5.54. The first-order valence-corrected chi connectivity index (χ1v) is 12.2. The van der Waals surface area contributed by atoms with Crippen molar-refractivity contribution < 1.29 is 20.1 Å². The van der Waals surface area contributed by atoms with Crippen molar-refractivity contribution in [3.63, 3.8) is 0 Å². The van der Waals surface area contributed by atoms with Crippen molar-refractivity contribution in [2.45, 2.75) is 39.0 Å². The van der Waals surface area contributed by atoms with Gasteiger partial charge >= 0.3 is 0 Å². The van der Waals surface area contributed by atoms with Crippen LogP contribution in [0, 0.1) is 0 Å². The third-order valence-corrected chi connectivity index (χ3v) is 6.76. The second kappa shape index (κ2) is 9.75. The van der Waals surface area contributed by atoms with Gasteiger partial charge in [-0.25, -0.2) is 0 Å². The quantitative estimate of drug-likeness (QED) is 0.293. The maximum atomic E-state index is 11.2. The predicted molar refractivity (Wildman–Crippen MR) is 138 cm³/mol. The summed E-state index contributed by atoms with van der Waals surface area (Å²) in [5.74, 6) is 1.52. The molecule has 0 aromatic heterocycles. The molecule has 3 N–H and O–H groups in total. The first kappa shape index (κ1) is 22.9. The number of fused-ring (bicyclic) bond motifs is 8. The van der Waals surface area contributed by atoms with E-state index < -0.39 is 0 Å². The second-order valence-electron chi connectivity index (χ2n) is 9.24. The van der Waals surface area contributed by atoms with E-state index in [2.05, 4.69) is 6.92 Å². The molecule has 178 valence electrons. The first-order valence-electron chi connectivity index (χ1n) is 12.2. The van der Waals surface area contributed by atoms with Crippen LogP contribution in [0.1, 0.15) is 57.9 Å². The fourth-order valence-corrected chi connectivity index (χ4v) is 4.92. The van der Waals surface area contributed by atoms with E-state index in [0.717, 1.165) is 56.7 Å². The van der Waals surface area contributed by atoms with Crippen molar-refractivity contribution in [3.05, 3.63) is 117 Å². The zero-order chi connectivity index (χ0) is 24.4. The normalized spacial score (nSPS) is 12.8. The molecule has 1 aliphatic rings. The van der Waals surface area contributed by atoms with E-state index in [0.29, 0.717) is 32.3 Å². The van der Waals surface area contributed by atoms with Gasteiger partial charge in [-0.05, 0) is 50.9 Å². The molecule has 0 amide bonds. The number of aromatic hydroxyl groups is 3. The van der Waals surface area contributed by atoms with Crippen LogP contribution in [0.5, 0.6) is 23.0 Å². The lowest BCUT2D eigenvalue weighted by molar-refractivity contribution is 0.311. The molecule has 0 fully saturated rings. The van der Waals surface area contributed by atoms with Crippen LogP contribution in [0.3, 0.4) is 0 Å². The van der Waals surface area contributed by atoms with Crippen LogP contribution in [0.25, 0.3) is 0 Å². The van der Waals surface area contributed by atoms with Crippen LogP contribution in [-0.2, 0) is 25.7 Å². The highest BCUT2D eigenvalue weighted by Gasteiger charge is 2.19. The molecule has 0 saturated carbocycles. The molecule has 35 heavy (non-hydrogen) atoms. The molecule has 0 heterocycles. The molecular weight excluding hydrogens is 436 g/mol. The van der Waals surface area contributed by atoms with Gasteiger partial charge in [-0.1, -0.05) is 79.7 Å². The van der Waals surface area contributed by atoms with Crippen molar-refractivity contribution in [3.8, 4) is 23.0 Å². The van der Waals surface area contributed by atoms with Gasteiger partial charge in [-0.3, -0.25) is 0 Å². The molecule has 4 heteroatoms. The Bertz CT molecular complexity index is 1280. The van der Waals surface area contributed by atoms with E-state index in [-0.39, 0.29) is 17.2 Å². The molecule has 1 aliphatic carbocycles. The summed E-state index contributed by atoms with van der Waals surface area (Å²) in [6.45, 7) is 2.67. The summed E-state index contributed by atoms with van der Waals surface area (Å²) in [5, 5.41) is 33.4. The lowest BCUT2D eigenvalue weighted by atomic mass is 9.91. The average molecular weight is 467 g/mol. The van der Waals surface area contributed by atoms with Crippen molar-refractivity contribution in [1.82, 2.24) is 0 Å². The second-order valence-corrected chi connectivity index (χ2v) is 9.24. The third kappa shape index (κ3) is 4.57. The number of rotatable bonds is 3. The van der Waals surface area contributed by atoms with E-state index in [9.17, 15) is 15.3 Å². The Balaban J connectivity index is 1.71. The zero-order valence-corrected chi connectivity index (χ0v) is 19.9. The summed E-state index contributed by atoms with van der Waals surface area (Å²) in [5.41, 5.74) is 6.63. The SMILES string of the molecule is CCCOc1c2cccc1Cc1cccc(c1O)Cc1cccc(c1O)Cc1cccc(c1O)C2. The Hall–Kier alpha value is -3.92. The topological polar surface area (TPSA) is 69.9 Å². The molecule has 4 aromatic rings. The average Bonchev–Trinajstić information content (AvgIpc) is 2.85. The molecule has 0 radical (unpaired) electrons. The number of ether oxygens (including phenoxy) is 1. The summed E-state index contributed by atoms with van der Waals surface area (Å²) in [6, 6.07) is 23.3. The highest BCUT2D eigenvalue weighted by atomic mass is 16.5. The molecule has 8 bridgehead atoms. The Morgan fingerprint density at radius 3 is 1.11 bits per heavy atom. The maximum Gasteiger partial charge on any atom is 0.126 e. The predicted octanol–water partition coefficient (Wildman–Crippen LogP) is 6.27. The number of hydrogen-bond donors (Lipinski definition) is 3. The fourth-order valence-electron chi connectivity index (χ4n) is 4.92. The van der Waals surface area contributed by atoms with Crippen molar-refractivity contribution in [1.29, 1.82) is 0 Å². The van der Waals surface area contributed by atoms with Crippen LogP contribution in [0.4, 0.5) is 0 Å². The van der Waals surface area contributed by atoms with Gasteiger partial charge in [0.25, 0.3) is 0 Å². The first-order chi connectivity index (χ1) is 17.0. The van der Waals surface area contributed by atoms with Gasteiger partial charge in [-0.15, -0.1) is 0 Å². The van der Waals surface area contributed by atoms with Gasteiger partial charge in [0.1, 0.15) is 23.0 Å². The molecule has 0 atom stereocenters. The highest BCUT2D eigenvalue weighted by Crippen LogP contribution is 2.37. The molecule has 5 rings (SSSR count). The van der Waals surface area contributed by atoms with Gasteiger partial charge in [0, 0.05) is 25.7 Å². The van der Waals surface area contributed by atoms with E-state index >= 15 is 0 Å². The van der Waals surface area contributed by atoms with Gasteiger partial charge < -0.3 is 20.1 Å². The lowest BCUT2D eigenvalue weighted by Gasteiger charge is -2.19. The zero-order valence-electron chi connectivity index (χ0n) is 19.9. The van der Waals surface area contributed by atoms with E-state index in [1.165, 1.54) is 0 Å². The van der Waals surface area contributed by atoms with Gasteiger partial charge in [0.05, 0.1) is 6.61 Å². The van der Waals surface area contributed by atoms with Crippen LogP contribution in [0.15, 0.2) is 72.8 Å². The molecule has 0 unspecified atom stereocenters. The van der Waals surface area contributed by atoms with E-state index in [4.69, 9.17) is 4.74 Å². The monoisotopic (exact) mass is 466 g/mol. The maximum absolute atomic E-state index is 11.2. The van der Waals surface area contributed by atoms with Crippen molar-refractivity contribution in [2.75, 3.05) is 6.61 Å². The Morgan fingerprint density at radius 1 is 0.514 bits per heavy atom. The van der Waals surface area contributed by atoms with Crippen LogP contribution < -0.4 is 4.74 Å². The summed E-state index contributed by atoms with van der Waals surface area (Å²) in [4.78, 5) is 0. The number of phenols is 3. The summed E-state index contributed by atoms with van der Waals surface area (Å²) < 4.78 is 6.24. The van der Waals surface area contributed by atoms with Crippen molar-refractivity contribution in [2.24, 2.45) is 0 Å². The third-order valence-electron chi connectivity index (χ3n) is 6.76. The van der Waals surface area contributed by atoms with Crippen LogP contribution >= 0.6 is 0 Å². The fraction of sp³-hybridized carbons (Fsp3) is 0.226. The van der Waals surface area contributed by atoms with E-state index in [1.54, 1.807) is 0 Å². The molecule has 0 aliphatic heterocycles. The minimum atomic E-state index is 0.203. The molecule has 4 nitrogen and oxygen atoms in total. The largest absolute Gasteiger partial charge is 0.507 e. The Kier molecular flexibility index (Phi) is 6.37. The molecule has 0 spiro atoms. The van der Waals surface area contributed by atoms with Crippen LogP contribution in [0.2, 0.25) is 0 Å². The minimum absolute atomic E-state index is 0.203. The van der Waals surface area contributed by atoms with Gasteiger partial charge in [-0.2, -0.15) is 0 Å².